The topological polar surface area (TPSA) is 49.5 Å². The van der Waals surface area contributed by atoms with Gasteiger partial charge in [-0.15, -0.1) is 0 Å². The summed E-state index contributed by atoms with van der Waals surface area (Å²) in [6.07, 6.45) is 3.47. The Morgan fingerprint density at radius 2 is 1.94 bits per heavy atom. The molecule has 1 aliphatic heterocycles. The Hall–Kier alpha value is -0.900. The average molecular weight is 248 g/mol. The molecule has 3 heteroatoms. The van der Waals surface area contributed by atoms with E-state index >= 15 is 0 Å². The molecule has 0 bridgehead atoms. The molecule has 1 fully saturated rings. The van der Waals surface area contributed by atoms with Gasteiger partial charge in [0.25, 0.3) is 0 Å². The van der Waals surface area contributed by atoms with Crippen LogP contribution in [0.5, 0.6) is 0 Å². The van der Waals surface area contributed by atoms with Crippen molar-refractivity contribution in [1.29, 1.82) is 0 Å². The van der Waals surface area contributed by atoms with Crippen LogP contribution in [0.2, 0.25) is 0 Å². The van der Waals surface area contributed by atoms with Gasteiger partial charge in [0.05, 0.1) is 0 Å². The molecule has 0 amide bonds. The predicted molar refractivity (Wildman–Crippen MR) is 74.0 cm³/mol. The van der Waals surface area contributed by atoms with E-state index in [1.54, 1.807) is 0 Å². The molecule has 0 aliphatic carbocycles. The third kappa shape index (κ3) is 3.80. The van der Waals surface area contributed by atoms with E-state index in [0.29, 0.717) is 19.1 Å². The number of benzene rings is 1. The normalized spacial score (nSPS) is 21.1. The molecule has 1 aliphatic rings. The van der Waals surface area contributed by atoms with Crippen molar-refractivity contribution in [1.82, 2.24) is 4.90 Å². The van der Waals surface area contributed by atoms with Crippen molar-refractivity contribution < 1.29 is 5.11 Å². The lowest BCUT2D eigenvalue weighted by Crippen LogP contribution is -2.35. The summed E-state index contributed by atoms with van der Waals surface area (Å²) in [6, 6.07) is 8.59. The first-order valence-corrected chi connectivity index (χ1v) is 6.93. The molecule has 1 atom stereocenters. The minimum Gasteiger partial charge on any atom is -0.396 e. The van der Waals surface area contributed by atoms with Gasteiger partial charge in [-0.2, -0.15) is 0 Å². The number of likely N-dealkylation sites (tertiary alicyclic amines) is 1. The zero-order chi connectivity index (χ0) is 12.8. The van der Waals surface area contributed by atoms with Gasteiger partial charge in [-0.25, -0.2) is 0 Å². The van der Waals surface area contributed by atoms with Gasteiger partial charge < -0.3 is 10.8 Å². The molecule has 3 N–H and O–H groups in total. The maximum atomic E-state index is 9.02. The van der Waals surface area contributed by atoms with Crippen LogP contribution < -0.4 is 5.73 Å². The highest BCUT2D eigenvalue weighted by Crippen LogP contribution is 2.21. The smallest absolute Gasteiger partial charge is 0.0434 e. The molecule has 2 rings (SSSR count). The quantitative estimate of drug-likeness (QED) is 0.834. The summed E-state index contributed by atoms with van der Waals surface area (Å²) in [5, 5.41) is 9.02. The number of aliphatic hydroxyl groups is 1. The first kappa shape index (κ1) is 13.5. The maximum absolute atomic E-state index is 9.02. The monoisotopic (exact) mass is 248 g/mol. The van der Waals surface area contributed by atoms with Crippen LogP contribution in [0.1, 0.15) is 30.4 Å². The van der Waals surface area contributed by atoms with Crippen LogP contribution >= 0.6 is 0 Å². The van der Waals surface area contributed by atoms with Gasteiger partial charge in [0, 0.05) is 26.2 Å². The van der Waals surface area contributed by atoms with Gasteiger partial charge in [0.1, 0.15) is 0 Å². The number of hydrogen-bond acceptors (Lipinski definition) is 3. The Balaban J connectivity index is 1.87. The first-order chi connectivity index (χ1) is 8.81. The van der Waals surface area contributed by atoms with Gasteiger partial charge in [0.2, 0.25) is 0 Å². The second-order valence-electron chi connectivity index (χ2n) is 5.28. The molecule has 18 heavy (non-hydrogen) atoms. The molecule has 1 aromatic carbocycles. The summed E-state index contributed by atoms with van der Waals surface area (Å²) in [6.45, 7) is 4.26. The van der Waals surface area contributed by atoms with Crippen LogP contribution in [-0.4, -0.2) is 29.7 Å². The molecule has 3 nitrogen and oxygen atoms in total. The summed E-state index contributed by atoms with van der Waals surface area (Å²) >= 11 is 0. The molecule has 1 unspecified atom stereocenters. The van der Waals surface area contributed by atoms with Gasteiger partial charge in [-0.1, -0.05) is 24.3 Å². The van der Waals surface area contributed by atoms with Gasteiger partial charge in [-0.3, -0.25) is 4.90 Å². The largest absolute Gasteiger partial charge is 0.396 e. The van der Waals surface area contributed by atoms with Crippen LogP contribution in [0, 0.1) is 5.92 Å². The van der Waals surface area contributed by atoms with Crippen LogP contribution in [0.4, 0.5) is 0 Å². The highest BCUT2D eigenvalue weighted by Gasteiger charge is 2.19. The number of nitrogens with two attached hydrogens (primary N) is 1. The van der Waals surface area contributed by atoms with Crippen LogP contribution in [-0.2, 0) is 13.1 Å². The fraction of sp³-hybridized carbons (Fsp3) is 0.600. The Morgan fingerprint density at radius 1 is 1.22 bits per heavy atom. The van der Waals surface area contributed by atoms with Gasteiger partial charge in [0.15, 0.2) is 0 Å². The summed E-state index contributed by atoms with van der Waals surface area (Å²) in [7, 11) is 0. The molecule has 0 radical (unpaired) electrons. The predicted octanol–water partition coefficient (Wildman–Crippen LogP) is 1.74. The third-order valence-corrected chi connectivity index (χ3v) is 3.81. The zero-order valence-corrected chi connectivity index (χ0v) is 11.0. The van der Waals surface area contributed by atoms with Crippen LogP contribution in [0.25, 0.3) is 0 Å². The Labute approximate surface area is 110 Å². The first-order valence-electron chi connectivity index (χ1n) is 6.93. The minimum atomic E-state index is 0.323. The molecule has 1 heterocycles. The summed E-state index contributed by atoms with van der Waals surface area (Å²) < 4.78 is 0. The van der Waals surface area contributed by atoms with Crippen LogP contribution in [0.3, 0.4) is 0 Å². The third-order valence-electron chi connectivity index (χ3n) is 3.81. The van der Waals surface area contributed by atoms with E-state index in [4.69, 9.17) is 10.8 Å². The van der Waals surface area contributed by atoms with Crippen LogP contribution in [0.15, 0.2) is 24.3 Å². The van der Waals surface area contributed by atoms with E-state index in [-0.39, 0.29) is 0 Å². The highest BCUT2D eigenvalue weighted by atomic mass is 16.3. The fourth-order valence-electron chi connectivity index (χ4n) is 2.75. The number of nitrogens with zero attached hydrogens (tertiary/aromatic N) is 1. The van der Waals surface area contributed by atoms with E-state index in [1.807, 2.05) is 0 Å². The fourth-order valence-corrected chi connectivity index (χ4v) is 2.75. The number of piperidine rings is 1. The summed E-state index contributed by atoms with van der Waals surface area (Å²) in [5.74, 6) is 0.673. The molecule has 0 saturated carbocycles. The number of aliphatic hydroxyl groups excluding tert-OH is 1. The SMILES string of the molecule is NCc1ccc(CN2CCCC(CCO)C2)cc1. The molecule has 100 valence electrons. The molecule has 1 saturated heterocycles. The molecular weight excluding hydrogens is 224 g/mol. The summed E-state index contributed by atoms with van der Waals surface area (Å²) in [5.41, 5.74) is 8.15. The van der Waals surface area contributed by atoms with Crippen molar-refractivity contribution in [3.05, 3.63) is 35.4 Å². The number of hydrogen-bond donors (Lipinski definition) is 2. The summed E-state index contributed by atoms with van der Waals surface area (Å²) in [4.78, 5) is 2.50. The average Bonchev–Trinajstić information content (AvgIpc) is 2.40. The standard InChI is InChI=1S/C15H24N2O/c16-10-13-3-5-15(6-4-13)12-17-8-1-2-14(11-17)7-9-18/h3-6,14,18H,1-2,7-12,16H2. The maximum Gasteiger partial charge on any atom is 0.0434 e. The van der Waals surface area contributed by atoms with Crippen molar-refractivity contribution in [2.75, 3.05) is 19.7 Å². The van der Waals surface area contributed by atoms with Crippen molar-refractivity contribution in [2.45, 2.75) is 32.4 Å². The van der Waals surface area contributed by atoms with Crippen molar-refractivity contribution in [3.8, 4) is 0 Å². The number of rotatable bonds is 5. The molecular formula is C15H24N2O. The Bertz CT molecular complexity index is 348. The van der Waals surface area contributed by atoms with E-state index in [2.05, 4.69) is 29.2 Å². The molecule has 0 aromatic heterocycles. The molecule has 0 spiro atoms. The van der Waals surface area contributed by atoms with Gasteiger partial charge >= 0.3 is 0 Å². The lowest BCUT2D eigenvalue weighted by molar-refractivity contribution is 0.142. The van der Waals surface area contributed by atoms with E-state index in [0.717, 1.165) is 19.5 Å². The lowest BCUT2D eigenvalue weighted by Gasteiger charge is -2.32. The minimum absolute atomic E-state index is 0.323. The Morgan fingerprint density at radius 3 is 2.61 bits per heavy atom. The van der Waals surface area contributed by atoms with E-state index < -0.39 is 0 Å². The van der Waals surface area contributed by atoms with E-state index in [1.165, 1.54) is 30.5 Å². The van der Waals surface area contributed by atoms with Crippen molar-refractivity contribution in [2.24, 2.45) is 11.7 Å². The van der Waals surface area contributed by atoms with Crippen molar-refractivity contribution >= 4 is 0 Å². The second kappa shape index (κ2) is 6.88. The molecule has 1 aromatic rings. The van der Waals surface area contributed by atoms with E-state index in [9.17, 15) is 0 Å². The Kier molecular flexibility index (Phi) is 5.17. The highest BCUT2D eigenvalue weighted by molar-refractivity contribution is 5.22. The van der Waals surface area contributed by atoms with Gasteiger partial charge in [-0.05, 0) is 42.9 Å². The second-order valence-corrected chi connectivity index (χ2v) is 5.28. The zero-order valence-electron chi connectivity index (χ0n) is 11.0. The lowest BCUT2D eigenvalue weighted by atomic mass is 9.95. The van der Waals surface area contributed by atoms with Crippen molar-refractivity contribution in [3.63, 3.8) is 0 Å².